The van der Waals surface area contributed by atoms with Gasteiger partial charge in [-0.05, 0) is 25.5 Å². The fraction of sp³-hybridized carbons (Fsp3) is 0.538. The van der Waals surface area contributed by atoms with Gasteiger partial charge in [0.05, 0.1) is 6.61 Å². The largest absolute Gasteiger partial charge is 0.395 e. The van der Waals surface area contributed by atoms with Crippen molar-refractivity contribution in [3.05, 3.63) is 35.1 Å². The highest BCUT2D eigenvalue weighted by molar-refractivity contribution is 5.24. The highest BCUT2D eigenvalue weighted by Crippen LogP contribution is 2.14. The van der Waals surface area contributed by atoms with E-state index < -0.39 is 0 Å². The van der Waals surface area contributed by atoms with Crippen molar-refractivity contribution in [3.8, 4) is 0 Å². The molecular formula is C13H21FN2O. The molecule has 0 fully saturated rings. The number of nitrogens with two attached hydrogens (primary N) is 1. The van der Waals surface area contributed by atoms with Gasteiger partial charge in [-0.1, -0.05) is 12.1 Å². The molecule has 96 valence electrons. The second-order valence-electron chi connectivity index (χ2n) is 4.42. The molecule has 0 heterocycles. The number of hydrogen-bond acceptors (Lipinski definition) is 3. The van der Waals surface area contributed by atoms with Crippen molar-refractivity contribution in [2.75, 3.05) is 13.2 Å². The van der Waals surface area contributed by atoms with Gasteiger partial charge < -0.3 is 10.8 Å². The molecule has 0 aromatic heterocycles. The van der Waals surface area contributed by atoms with E-state index in [1.165, 1.54) is 6.07 Å². The molecular weight excluding hydrogens is 219 g/mol. The van der Waals surface area contributed by atoms with Gasteiger partial charge in [0.2, 0.25) is 0 Å². The highest BCUT2D eigenvalue weighted by Gasteiger charge is 2.12. The molecule has 0 saturated heterocycles. The van der Waals surface area contributed by atoms with E-state index in [-0.39, 0.29) is 18.5 Å². The van der Waals surface area contributed by atoms with Crippen LogP contribution in [0.1, 0.15) is 25.0 Å². The predicted molar refractivity (Wildman–Crippen MR) is 66.9 cm³/mol. The molecule has 4 heteroatoms. The summed E-state index contributed by atoms with van der Waals surface area (Å²) < 4.78 is 13.8. The lowest BCUT2D eigenvalue weighted by molar-refractivity contribution is 0.158. The minimum absolute atomic E-state index is 0.0840. The lowest BCUT2D eigenvalue weighted by Crippen LogP contribution is -2.33. The SMILES string of the molecule is CC(C)N(CCO)Cc1ccc(CN)cc1F. The predicted octanol–water partition coefficient (Wildman–Crippen LogP) is 1.49. The van der Waals surface area contributed by atoms with Gasteiger partial charge in [-0.25, -0.2) is 4.39 Å². The molecule has 1 rings (SSSR count). The minimum Gasteiger partial charge on any atom is -0.395 e. The van der Waals surface area contributed by atoms with E-state index in [1.54, 1.807) is 6.07 Å². The van der Waals surface area contributed by atoms with Gasteiger partial charge in [-0.2, -0.15) is 0 Å². The van der Waals surface area contributed by atoms with Gasteiger partial charge in [0.1, 0.15) is 5.82 Å². The number of hydrogen-bond donors (Lipinski definition) is 2. The normalized spacial score (nSPS) is 11.5. The van der Waals surface area contributed by atoms with Crippen LogP contribution in [0.5, 0.6) is 0 Å². The fourth-order valence-electron chi connectivity index (χ4n) is 1.71. The Bertz CT molecular complexity index is 355. The Morgan fingerprint density at radius 2 is 2.12 bits per heavy atom. The first kappa shape index (κ1) is 14.1. The van der Waals surface area contributed by atoms with Crippen LogP contribution in [0.2, 0.25) is 0 Å². The third-order valence-corrected chi connectivity index (χ3v) is 2.84. The number of nitrogens with zero attached hydrogens (tertiary/aromatic N) is 1. The second kappa shape index (κ2) is 6.69. The smallest absolute Gasteiger partial charge is 0.128 e. The number of aliphatic hydroxyl groups is 1. The minimum atomic E-state index is -0.225. The first-order valence-corrected chi connectivity index (χ1v) is 5.90. The number of aliphatic hydroxyl groups excluding tert-OH is 1. The van der Waals surface area contributed by atoms with Crippen LogP contribution >= 0.6 is 0 Å². The van der Waals surface area contributed by atoms with E-state index >= 15 is 0 Å². The maximum absolute atomic E-state index is 13.8. The average molecular weight is 240 g/mol. The molecule has 1 aromatic rings. The summed E-state index contributed by atoms with van der Waals surface area (Å²) in [5.41, 5.74) is 6.89. The fourth-order valence-corrected chi connectivity index (χ4v) is 1.71. The molecule has 17 heavy (non-hydrogen) atoms. The Balaban J connectivity index is 2.78. The third kappa shape index (κ3) is 4.07. The van der Waals surface area contributed by atoms with Crippen LogP contribution in [0.15, 0.2) is 18.2 Å². The van der Waals surface area contributed by atoms with Gasteiger partial charge in [0.25, 0.3) is 0 Å². The standard InChI is InChI=1S/C13H21FN2O/c1-10(2)16(5-6-17)9-12-4-3-11(8-15)7-13(12)14/h3-4,7,10,17H,5-6,8-9,15H2,1-2H3. The summed E-state index contributed by atoms with van der Waals surface area (Å²) in [6.45, 7) is 5.55. The van der Waals surface area contributed by atoms with Crippen LogP contribution in [0.25, 0.3) is 0 Å². The number of halogens is 1. The summed E-state index contributed by atoms with van der Waals surface area (Å²) in [5.74, 6) is -0.225. The van der Waals surface area contributed by atoms with Crippen LogP contribution in [0.4, 0.5) is 4.39 Å². The van der Waals surface area contributed by atoms with Crippen molar-refractivity contribution in [2.45, 2.75) is 33.0 Å². The molecule has 1 aromatic carbocycles. The average Bonchev–Trinajstić information content (AvgIpc) is 2.30. The summed E-state index contributed by atoms with van der Waals surface area (Å²) >= 11 is 0. The monoisotopic (exact) mass is 240 g/mol. The molecule has 0 atom stereocenters. The Hall–Kier alpha value is -0.970. The van der Waals surface area contributed by atoms with E-state index in [2.05, 4.69) is 0 Å². The Morgan fingerprint density at radius 1 is 1.41 bits per heavy atom. The van der Waals surface area contributed by atoms with Crippen LogP contribution in [-0.2, 0) is 13.1 Å². The molecule has 0 aliphatic heterocycles. The van der Waals surface area contributed by atoms with Crippen molar-refractivity contribution in [3.63, 3.8) is 0 Å². The lowest BCUT2D eigenvalue weighted by atomic mass is 10.1. The highest BCUT2D eigenvalue weighted by atomic mass is 19.1. The zero-order chi connectivity index (χ0) is 12.8. The summed E-state index contributed by atoms with van der Waals surface area (Å²) in [7, 11) is 0. The first-order valence-electron chi connectivity index (χ1n) is 5.90. The summed E-state index contributed by atoms with van der Waals surface area (Å²) in [6, 6.07) is 5.36. The van der Waals surface area contributed by atoms with E-state index in [1.807, 2.05) is 24.8 Å². The summed E-state index contributed by atoms with van der Waals surface area (Å²) in [6.07, 6.45) is 0. The molecule has 0 radical (unpaired) electrons. The summed E-state index contributed by atoms with van der Waals surface area (Å²) in [5, 5.41) is 8.96. The molecule has 0 amide bonds. The molecule has 0 bridgehead atoms. The van der Waals surface area contributed by atoms with Gasteiger partial charge >= 0.3 is 0 Å². The molecule has 3 N–H and O–H groups in total. The molecule has 0 spiro atoms. The van der Waals surface area contributed by atoms with Crippen molar-refractivity contribution in [1.82, 2.24) is 4.90 Å². The first-order chi connectivity index (χ1) is 8.08. The molecule has 3 nitrogen and oxygen atoms in total. The van der Waals surface area contributed by atoms with Gasteiger partial charge in [0, 0.05) is 31.2 Å². The van der Waals surface area contributed by atoms with Gasteiger partial charge in [-0.15, -0.1) is 0 Å². The maximum Gasteiger partial charge on any atom is 0.128 e. The zero-order valence-electron chi connectivity index (χ0n) is 10.5. The molecule has 0 aliphatic rings. The van der Waals surface area contributed by atoms with Crippen LogP contribution in [-0.4, -0.2) is 29.2 Å². The van der Waals surface area contributed by atoms with Crippen molar-refractivity contribution >= 4 is 0 Å². The van der Waals surface area contributed by atoms with Crippen molar-refractivity contribution in [2.24, 2.45) is 5.73 Å². The molecule has 0 saturated carbocycles. The van der Waals surface area contributed by atoms with E-state index in [0.29, 0.717) is 25.2 Å². The zero-order valence-corrected chi connectivity index (χ0v) is 10.5. The van der Waals surface area contributed by atoms with E-state index in [4.69, 9.17) is 10.8 Å². The Kier molecular flexibility index (Phi) is 5.55. The number of benzene rings is 1. The van der Waals surface area contributed by atoms with Crippen molar-refractivity contribution < 1.29 is 9.50 Å². The quantitative estimate of drug-likeness (QED) is 0.792. The molecule has 0 unspecified atom stereocenters. The Labute approximate surface area is 102 Å². The van der Waals surface area contributed by atoms with Gasteiger partial charge in [-0.3, -0.25) is 4.90 Å². The van der Waals surface area contributed by atoms with Crippen LogP contribution < -0.4 is 5.73 Å². The second-order valence-corrected chi connectivity index (χ2v) is 4.42. The summed E-state index contributed by atoms with van der Waals surface area (Å²) in [4.78, 5) is 2.03. The number of rotatable bonds is 6. The topological polar surface area (TPSA) is 49.5 Å². The van der Waals surface area contributed by atoms with E-state index in [9.17, 15) is 4.39 Å². The van der Waals surface area contributed by atoms with Crippen LogP contribution in [0, 0.1) is 5.82 Å². The third-order valence-electron chi connectivity index (χ3n) is 2.84. The van der Waals surface area contributed by atoms with Crippen LogP contribution in [0.3, 0.4) is 0 Å². The lowest BCUT2D eigenvalue weighted by Gasteiger charge is -2.25. The van der Waals surface area contributed by atoms with Gasteiger partial charge in [0.15, 0.2) is 0 Å². The van der Waals surface area contributed by atoms with Crippen molar-refractivity contribution in [1.29, 1.82) is 0 Å². The van der Waals surface area contributed by atoms with E-state index in [0.717, 1.165) is 5.56 Å². The Morgan fingerprint density at radius 3 is 2.59 bits per heavy atom. The molecule has 0 aliphatic carbocycles. The maximum atomic E-state index is 13.8.